The third-order valence-corrected chi connectivity index (χ3v) is 4.42. The summed E-state index contributed by atoms with van der Waals surface area (Å²) in [6.07, 6.45) is 5.14. The van der Waals surface area contributed by atoms with Crippen LogP contribution in [0.25, 0.3) is 0 Å². The van der Waals surface area contributed by atoms with E-state index in [0.717, 1.165) is 12.8 Å². The van der Waals surface area contributed by atoms with E-state index in [1.807, 2.05) is 26.8 Å². The number of hydrogen-bond acceptors (Lipinski definition) is 4. The van der Waals surface area contributed by atoms with Crippen LogP contribution in [0.4, 0.5) is 4.79 Å². The monoisotopic (exact) mass is 352 g/mol. The quantitative estimate of drug-likeness (QED) is 0.783. The Kier molecular flexibility index (Phi) is 6.08. The Morgan fingerprint density at radius 2 is 1.84 bits per heavy atom. The number of allylic oxidation sites excluding steroid dienone is 1. The summed E-state index contributed by atoms with van der Waals surface area (Å²) in [7, 11) is 0. The van der Waals surface area contributed by atoms with Crippen LogP contribution < -0.4 is 0 Å². The highest BCUT2D eigenvalue weighted by Gasteiger charge is 2.33. The molecular formula is C18H28N2O5. The fourth-order valence-electron chi connectivity index (χ4n) is 3.04. The van der Waals surface area contributed by atoms with Crippen LogP contribution in [0.2, 0.25) is 0 Å². The molecule has 0 aliphatic carbocycles. The Morgan fingerprint density at radius 3 is 2.44 bits per heavy atom. The van der Waals surface area contributed by atoms with Crippen LogP contribution in [0, 0.1) is 11.8 Å². The van der Waals surface area contributed by atoms with Gasteiger partial charge in [-0.25, -0.2) is 4.79 Å². The van der Waals surface area contributed by atoms with Crippen molar-refractivity contribution in [3.05, 3.63) is 12.2 Å². The molecule has 2 rings (SSSR count). The SMILES string of the molecule is CC(C)(C)OC(=O)N1CC(C/C=C/C(=O)N2CCC[C@@H](C(=O)O)C2)C1. The Morgan fingerprint density at radius 1 is 1.16 bits per heavy atom. The van der Waals surface area contributed by atoms with Crippen LogP contribution in [0.15, 0.2) is 12.2 Å². The van der Waals surface area contributed by atoms with E-state index in [4.69, 9.17) is 9.84 Å². The standard InChI is InChI=1S/C18H28N2O5/c1-18(2,3)25-17(24)20-10-13(11-20)6-4-8-15(21)19-9-5-7-14(12-19)16(22)23/h4,8,13-14H,5-7,9-12H2,1-3H3,(H,22,23)/b8-4+/t14-/m1/s1. The fraction of sp³-hybridized carbons (Fsp3) is 0.722. The van der Waals surface area contributed by atoms with E-state index in [1.54, 1.807) is 9.80 Å². The van der Waals surface area contributed by atoms with Crippen molar-refractivity contribution in [3.8, 4) is 0 Å². The minimum atomic E-state index is -0.835. The summed E-state index contributed by atoms with van der Waals surface area (Å²) >= 11 is 0. The number of amides is 2. The lowest BCUT2D eigenvalue weighted by Crippen LogP contribution is -2.51. The molecule has 2 heterocycles. The van der Waals surface area contributed by atoms with Gasteiger partial charge in [0.15, 0.2) is 0 Å². The highest BCUT2D eigenvalue weighted by Crippen LogP contribution is 2.22. The van der Waals surface area contributed by atoms with Gasteiger partial charge in [0, 0.05) is 26.2 Å². The molecule has 140 valence electrons. The molecule has 1 N–H and O–H groups in total. The predicted molar refractivity (Wildman–Crippen MR) is 92.0 cm³/mol. The first kappa shape index (κ1) is 19.3. The first-order valence-corrected chi connectivity index (χ1v) is 8.82. The van der Waals surface area contributed by atoms with Gasteiger partial charge in [0.1, 0.15) is 5.60 Å². The maximum absolute atomic E-state index is 12.1. The van der Waals surface area contributed by atoms with Gasteiger partial charge in [0.2, 0.25) is 5.91 Å². The molecule has 2 aliphatic rings. The average molecular weight is 352 g/mol. The maximum atomic E-state index is 12.1. The molecule has 0 aromatic heterocycles. The number of carboxylic acids is 1. The second kappa shape index (κ2) is 7.89. The van der Waals surface area contributed by atoms with Gasteiger partial charge in [0.25, 0.3) is 0 Å². The molecule has 0 bridgehead atoms. The normalized spacial score (nSPS) is 22.0. The molecule has 7 heteroatoms. The molecule has 0 radical (unpaired) electrons. The maximum Gasteiger partial charge on any atom is 0.410 e. The molecular weight excluding hydrogens is 324 g/mol. The Balaban J connectivity index is 1.69. The molecule has 25 heavy (non-hydrogen) atoms. The largest absolute Gasteiger partial charge is 0.481 e. The van der Waals surface area contributed by atoms with Crippen LogP contribution in [0.1, 0.15) is 40.0 Å². The van der Waals surface area contributed by atoms with Gasteiger partial charge in [-0.05, 0) is 52.0 Å². The topological polar surface area (TPSA) is 87.2 Å². The second-order valence-electron chi connectivity index (χ2n) is 7.85. The van der Waals surface area contributed by atoms with Crippen molar-refractivity contribution in [2.45, 2.75) is 45.6 Å². The minimum absolute atomic E-state index is 0.130. The van der Waals surface area contributed by atoms with Crippen LogP contribution in [0.3, 0.4) is 0 Å². The summed E-state index contributed by atoms with van der Waals surface area (Å²) in [5, 5.41) is 9.07. The van der Waals surface area contributed by atoms with E-state index >= 15 is 0 Å². The minimum Gasteiger partial charge on any atom is -0.481 e. The molecule has 0 aromatic carbocycles. The second-order valence-corrected chi connectivity index (χ2v) is 7.85. The Bertz CT molecular complexity index is 546. The number of ether oxygens (including phenoxy) is 1. The zero-order chi connectivity index (χ0) is 18.6. The lowest BCUT2D eigenvalue weighted by atomic mass is 9.96. The van der Waals surface area contributed by atoms with Crippen molar-refractivity contribution in [2.24, 2.45) is 11.8 Å². The van der Waals surface area contributed by atoms with E-state index in [1.165, 1.54) is 6.08 Å². The van der Waals surface area contributed by atoms with Gasteiger partial charge < -0.3 is 19.6 Å². The number of nitrogens with zero attached hydrogens (tertiary/aromatic N) is 2. The van der Waals surface area contributed by atoms with Gasteiger partial charge in [0.05, 0.1) is 5.92 Å². The van der Waals surface area contributed by atoms with Crippen molar-refractivity contribution in [1.29, 1.82) is 0 Å². The number of piperidine rings is 1. The number of aliphatic carboxylic acids is 1. The summed E-state index contributed by atoms with van der Waals surface area (Å²) in [5.41, 5.74) is -0.489. The molecule has 1 atom stereocenters. The number of likely N-dealkylation sites (tertiary alicyclic amines) is 2. The molecule has 7 nitrogen and oxygen atoms in total. The predicted octanol–water partition coefficient (Wildman–Crippen LogP) is 2.12. The summed E-state index contributed by atoms with van der Waals surface area (Å²) in [6.45, 7) is 7.69. The lowest BCUT2D eigenvalue weighted by molar-refractivity contribution is -0.144. The molecule has 2 amide bonds. The van der Waals surface area contributed by atoms with Crippen molar-refractivity contribution in [1.82, 2.24) is 9.80 Å². The summed E-state index contributed by atoms with van der Waals surface area (Å²) < 4.78 is 5.30. The van der Waals surface area contributed by atoms with Gasteiger partial charge >= 0.3 is 12.1 Å². The third-order valence-electron chi connectivity index (χ3n) is 4.42. The number of hydrogen-bond donors (Lipinski definition) is 1. The van der Waals surface area contributed by atoms with Crippen molar-refractivity contribution >= 4 is 18.0 Å². The first-order valence-electron chi connectivity index (χ1n) is 8.82. The number of carboxylic acid groups (broad SMARTS) is 1. The van der Waals surface area contributed by atoms with Crippen molar-refractivity contribution in [3.63, 3.8) is 0 Å². The van der Waals surface area contributed by atoms with Gasteiger partial charge in [-0.3, -0.25) is 9.59 Å². The van der Waals surface area contributed by atoms with E-state index in [-0.39, 0.29) is 18.5 Å². The molecule has 0 saturated carbocycles. The lowest BCUT2D eigenvalue weighted by Gasteiger charge is -2.39. The molecule has 2 fully saturated rings. The van der Waals surface area contributed by atoms with Crippen molar-refractivity contribution in [2.75, 3.05) is 26.2 Å². The Labute approximate surface area is 148 Å². The summed E-state index contributed by atoms with van der Waals surface area (Å²) in [6, 6.07) is 0. The van der Waals surface area contributed by atoms with Crippen LogP contribution >= 0.6 is 0 Å². The number of rotatable bonds is 4. The Hall–Kier alpha value is -2.05. The number of carbonyl (C=O) groups excluding carboxylic acids is 2. The van der Waals surface area contributed by atoms with E-state index < -0.39 is 17.5 Å². The van der Waals surface area contributed by atoms with E-state index in [9.17, 15) is 14.4 Å². The molecule has 0 aromatic rings. The fourth-order valence-corrected chi connectivity index (χ4v) is 3.04. The molecule has 0 unspecified atom stereocenters. The highest BCUT2D eigenvalue weighted by atomic mass is 16.6. The van der Waals surface area contributed by atoms with E-state index in [0.29, 0.717) is 32.0 Å². The highest BCUT2D eigenvalue weighted by molar-refractivity contribution is 5.88. The van der Waals surface area contributed by atoms with Crippen LogP contribution in [0.5, 0.6) is 0 Å². The number of carbonyl (C=O) groups is 3. The molecule has 2 saturated heterocycles. The average Bonchev–Trinajstić information content (AvgIpc) is 2.47. The molecule has 0 spiro atoms. The third kappa shape index (κ3) is 5.76. The van der Waals surface area contributed by atoms with Crippen molar-refractivity contribution < 1.29 is 24.2 Å². The zero-order valence-electron chi connectivity index (χ0n) is 15.2. The smallest absolute Gasteiger partial charge is 0.410 e. The zero-order valence-corrected chi connectivity index (χ0v) is 15.2. The van der Waals surface area contributed by atoms with Gasteiger partial charge in [-0.1, -0.05) is 6.08 Å². The summed E-state index contributed by atoms with van der Waals surface area (Å²) in [5.74, 6) is -1.09. The van der Waals surface area contributed by atoms with Gasteiger partial charge in [-0.15, -0.1) is 0 Å². The van der Waals surface area contributed by atoms with Crippen LogP contribution in [-0.2, 0) is 14.3 Å². The van der Waals surface area contributed by atoms with Crippen LogP contribution in [-0.4, -0.2) is 64.7 Å². The molecule has 2 aliphatic heterocycles. The first-order chi connectivity index (χ1) is 11.7. The van der Waals surface area contributed by atoms with E-state index in [2.05, 4.69) is 0 Å². The van der Waals surface area contributed by atoms with Gasteiger partial charge in [-0.2, -0.15) is 0 Å². The summed E-state index contributed by atoms with van der Waals surface area (Å²) in [4.78, 5) is 38.3.